The van der Waals surface area contributed by atoms with Gasteiger partial charge < -0.3 is 14.7 Å². The number of hydrogen-bond donors (Lipinski definition) is 0. The molecule has 0 aromatic heterocycles. The average Bonchev–Trinajstić information content (AvgIpc) is 3.32. The predicted molar refractivity (Wildman–Crippen MR) is 266 cm³/mol. The van der Waals surface area contributed by atoms with Crippen LogP contribution >= 0.6 is 11.8 Å². The first-order chi connectivity index (χ1) is 30.6. The van der Waals surface area contributed by atoms with Crippen LogP contribution in [0.1, 0.15) is 11.1 Å². The van der Waals surface area contributed by atoms with Crippen molar-refractivity contribution in [2.45, 2.75) is 23.6 Å². The molecule has 4 heterocycles. The van der Waals surface area contributed by atoms with Gasteiger partial charge >= 0.3 is 0 Å². The Morgan fingerprint density at radius 2 is 0.774 bits per heavy atom. The van der Waals surface area contributed by atoms with Crippen molar-refractivity contribution in [2.24, 2.45) is 0 Å². The summed E-state index contributed by atoms with van der Waals surface area (Å²) in [6.07, 6.45) is 0. The normalized spacial score (nSPS) is 14.5. The zero-order valence-electron chi connectivity index (χ0n) is 34.5. The second-order valence-corrected chi connectivity index (χ2v) is 21.8. The Hall–Kier alpha value is -6.99. The minimum absolute atomic E-state index is 0.0927. The van der Waals surface area contributed by atoms with Crippen LogP contribution in [-0.2, 0) is 0 Å². The molecular formula is C56H40BN3SSi. The summed E-state index contributed by atoms with van der Waals surface area (Å²) in [4.78, 5) is 10.4. The van der Waals surface area contributed by atoms with Crippen LogP contribution in [0.5, 0.6) is 0 Å². The number of hydrogen-bond acceptors (Lipinski definition) is 4. The summed E-state index contributed by atoms with van der Waals surface area (Å²) in [7, 11) is -2.86. The Labute approximate surface area is 368 Å². The molecule has 0 aliphatic carbocycles. The summed E-state index contributed by atoms with van der Waals surface area (Å²) >= 11 is 1.91. The molecule has 0 saturated carbocycles. The fourth-order valence-corrected chi connectivity index (χ4v) is 17.6. The highest BCUT2D eigenvalue weighted by atomic mass is 32.2. The van der Waals surface area contributed by atoms with E-state index in [9.17, 15) is 0 Å². The summed E-state index contributed by atoms with van der Waals surface area (Å²) in [6, 6.07) is 78.0. The van der Waals surface area contributed by atoms with E-state index in [4.69, 9.17) is 0 Å². The highest BCUT2D eigenvalue weighted by Gasteiger charge is 2.51. The summed E-state index contributed by atoms with van der Waals surface area (Å²) in [5.41, 5.74) is 17.6. The fourth-order valence-electron chi connectivity index (χ4n) is 11.1. The SMILES string of the molecule is Cc1ccc2c(c1)[Si](c1ccccc1)(c1ccccc1)c1cc(C)ccc1N2c1cc2c3c(c1)N(c1ccccc1)c1cccc4c1B3c1c(cccc1N2c1ccccc1)S4. The van der Waals surface area contributed by atoms with E-state index in [1.165, 1.54) is 92.2 Å². The Morgan fingerprint density at radius 1 is 0.355 bits per heavy atom. The van der Waals surface area contributed by atoms with Gasteiger partial charge in [-0.25, -0.2) is 0 Å². The molecule has 6 heteroatoms. The zero-order chi connectivity index (χ0) is 41.1. The van der Waals surface area contributed by atoms with E-state index in [0.717, 1.165) is 17.1 Å². The summed E-state index contributed by atoms with van der Waals surface area (Å²) in [5.74, 6) is 0. The van der Waals surface area contributed by atoms with Gasteiger partial charge in [0, 0.05) is 55.3 Å². The number of nitrogens with zero attached hydrogens (tertiary/aromatic N) is 3. The predicted octanol–water partition coefficient (Wildman–Crippen LogP) is 10.0. The van der Waals surface area contributed by atoms with Crippen LogP contribution in [0.3, 0.4) is 0 Å². The van der Waals surface area contributed by atoms with Crippen molar-refractivity contribution in [3.63, 3.8) is 0 Å². The van der Waals surface area contributed by atoms with Gasteiger partial charge in [0.2, 0.25) is 0 Å². The lowest BCUT2D eigenvalue weighted by molar-refractivity contribution is 1.21. The topological polar surface area (TPSA) is 9.72 Å². The van der Waals surface area contributed by atoms with Gasteiger partial charge in [-0.05, 0) is 124 Å². The molecule has 3 nitrogen and oxygen atoms in total. The van der Waals surface area contributed by atoms with E-state index in [1.807, 2.05) is 11.8 Å². The minimum atomic E-state index is -2.86. The Bertz CT molecular complexity index is 3060. The number of anilines is 9. The lowest BCUT2D eigenvalue weighted by Crippen LogP contribution is -2.77. The molecule has 4 aliphatic rings. The highest BCUT2D eigenvalue weighted by molar-refractivity contribution is 8.00. The smallest absolute Gasteiger partial charge is 0.255 e. The second kappa shape index (κ2) is 13.5. The number of rotatable bonds is 5. The van der Waals surface area contributed by atoms with Gasteiger partial charge in [-0.15, -0.1) is 0 Å². The van der Waals surface area contributed by atoms with Crippen molar-refractivity contribution >= 4 is 115 Å². The molecule has 0 saturated heterocycles. The van der Waals surface area contributed by atoms with Gasteiger partial charge in [-0.2, -0.15) is 0 Å². The second-order valence-electron chi connectivity index (χ2n) is 17.0. The third-order valence-corrected chi connectivity index (χ3v) is 19.5. The summed E-state index contributed by atoms with van der Waals surface area (Å²) in [5, 5.41) is 5.61. The molecule has 0 atom stereocenters. The van der Waals surface area contributed by atoms with Crippen molar-refractivity contribution < 1.29 is 0 Å². The van der Waals surface area contributed by atoms with Crippen LogP contribution < -0.4 is 51.8 Å². The van der Waals surface area contributed by atoms with Gasteiger partial charge in [0.05, 0.1) is 5.69 Å². The molecule has 0 N–H and O–H groups in total. The fraction of sp³-hybridized carbons (Fsp3) is 0.0357. The Morgan fingerprint density at radius 3 is 1.23 bits per heavy atom. The van der Waals surface area contributed by atoms with Gasteiger partial charge in [0.15, 0.2) is 8.07 Å². The van der Waals surface area contributed by atoms with Gasteiger partial charge in [0.25, 0.3) is 6.71 Å². The minimum Gasteiger partial charge on any atom is -0.311 e. The third kappa shape index (κ3) is 4.90. The molecular weight excluding hydrogens is 786 g/mol. The van der Waals surface area contributed by atoms with Crippen LogP contribution in [0.25, 0.3) is 0 Å². The number of fused-ring (bicyclic) bond motifs is 2. The maximum Gasteiger partial charge on any atom is 0.255 e. The molecule has 9 aromatic carbocycles. The van der Waals surface area contributed by atoms with E-state index in [0.29, 0.717) is 0 Å². The van der Waals surface area contributed by atoms with Crippen molar-refractivity contribution in [1.29, 1.82) is 0 Å². The van der Waals surface area contributed by atoms with Gasteiger partial charge in [-0.1, -0.05) is 156 Å². The summed E-state index contributed by atoms with van der Waals surface area (Å²) < 4.78 is 0. The molecule has 292 valence electrons. The lowest BCUT2D eigenvalue weighted by atomic mass is 9.33. The monoisotopic (exact) mass is 825 g/mol. The van der Waals surface area contributed by atoms with Crippen LogP contribution in [0.2, 0.25) is 0 Å². The molecule has 0 radical (unpaired) electrons. The van der Waals surface area contributed by atoms with E-state index in [2.05, 4.69) is 235 Å². The average molecular weight is 826 g/mol. The molecule has 0 amide bonds. The molecule has 0 bridgehead atoms. The Balaban J connectivity index is 1.16. The first-order valence-electron chi connectivity index (χ1n) is 21.5. The van der Waals surface area contributed by atoms with E-state index >= 15 is 0 Å². The maximum absolute atomic E-state index is 2.86. The van der Waals surface area contributed by atoms with Gasteiger partial charge in [-0.3, -0.25) is 0 Å². The van der Waals surface area contributed by atoms with Crippen molar-refractivity contribution in [3.8, 4) is 0 Å². The molecule has 0 spiro atoms. The highest BCUT2D eigenvalue weighted by Crippen LogP contribution is 2.51. The first kappa shape index (κ1) is 35.7. The van der Waals surface area contributed by atoms with Crippen molar-refractivity contribution in [1.82, 2.24) is 0 Å². The number of benzene rings is 9. The molecule has 62 heavy (non-hydrogen) atoms. The quantitative estimate of drug-likeness (QED) is 0.160. The molecule has 0 unspecified atom stereocenters. The number of para-hydroxylation sites is 2. The third-order valence-electron chi connectivity index (χ3n) is 13.6. The lowest BCUT2D eigenvalue weighted by Gasteiger charge is -2.48. The number of aryl methyl sites for hydroxylation is 2. The van der Waals surface area contributed by atoms with Gasteiger partial charge in [0.1, 0.15) is 0 Å². The van der Waals surface area contributed by atoms with E-state index in [1.54, 1.807) is 0 Å². The van der Waals surface area contributed by atoms with Crippen molar-refractivity contribution in [3.05, 3.63) is 217 Å². The van der Waals surface area contributed by atoms with Crippen LogP contribution in [0.4, 0.5) is 51.2 Å². The van der Waals surface area contributed by atoms with Crippen LogP contribution in [-0.4, -0.2) is 14.8 Å². The molecule has 0 fully saturated rings. The van der Waals surface area contributed by atoms with Crippen molar-refractivity contribution in [2.75, 3.05) is 14.7 Å². The largest absolute Gasteiger partial charge is 0.311 e. The zero-order valence-corrected chi connectivity index (χ0v) is 36.3. The van der Waals surface area contributed by atoms with E-state index in [-0.39, 0.29) is 6.71 Å². The maximum atomic E-state index is 2.60. The van der Waals surface area contributed by atoms with E-state index < -0.39 is 8.07 Å². The van der Waals surface area contributed by atoms with Crippen LogP contribution in [0, 0.1) is 13.8 Å². The first-order valence-corrected chi connectivity index (χ1v) is 24.4. The Kier molecular flexibility index (Phi) is 7.79. The molecule has 9 aromatic rings. The molecule has 13 rings (SSSR count). The summed E-state index contributed by atoms with van der Waals surface area (Å²) in [6.45, 7) is 4.60. The standard InChI is InChI=1S/C56H40BN3SSi/c1-37-29-31-44-52(33-37)62(42-21-11-5-12-22-42,43-23-13-6-14-24-43)53-34-38(2)30-32-45(53)60(44)41-35-48-54-49(36-41)59(40-19-9-4-10-20-40)47-26-16-28-51-56(47)57(54)55-46(25-15-27-50(55)61-51)58(48)39-17-7-3-8-18-39/h3-36H,1-2H3. The van der Waals surface area contributed by atoms with Crippen LogP contribution in [0.15, 0.2) is 216 Å². The molecule has 4 aliphatic heterocycles.